The second-order valence-electron chi connectivity index (χ2n) is 6.76. The van der Waals surface area contributed by atoms with Crippen molar-refractivity contribution in [3.63, 3.8) is 0 Å². The highest BCUT2D eigenvalue weighted by atomic mass is 19.4. The van der Waals surface area contributed by atoms with Gasteiger partial charge in [0.2, 0.25) is 0 Å². The van der Waals surface area contributed by atoms with E-state index >= 15 is 0 Å². The van der Waals surface area contributed by atoms with Crippen LogP contribution in [0.3, 0.4) is 0 Å². The van der Waals surface area contributed by atoms with Crippen LogP contribution in [0.5, 0.6) is 0 Å². The summed E-state index contributed by atoms with van der Waals surface area (Å²) in [5, 5.41) is 5.90. The van der Waals surface area contributed by atoms with Crippen LogP contribution in [0.2, 0.25) is 0 Å². The molecule has 0 aliphatic carbocycles. The second-order valence-corrected chi connectivity index (χ2v) is 6.76. The number of allylic oxidation sites excluding steroid dienone is 3. The van der Waals surface area contributed by atoms with Crippen molar-refractivity contribution in [1.29, 1.82) is 0 Å². The fourth-order valence-corrected chi connectivity index (χ4v) is 2.87. The van der Waals surface area contributed by atoms with Crippen LogP contribution in [0, 0.1) is 11.6 Å². The number of halogens is 5. The van der Waals surface area contributed by atoms with Crippen molar-refractivity contribution < 1.29 is 22.0 Å². The van der Waals surface area contributed by atoms with E-state index in [1.54, 1.807) is 38.1 Å². The molecule has 2 rings (SSSR count). The zero-order chi connectivity index (χ0) is 22.3. The van der Waals surface area contributed by atoms with E-state index in [0.717, 1.165) is 6.08 Å². The van der Waals surface area contributed by atoms with Crippen molar-refractivity contribution >= 4 is 11.4 Å². The fraction of sp³-hybridized carbons (Fsp3) is 0.304. The van der Waals surface area contributed by atoms with Gasteiger partial charge >= 0.3 is 6.18 Å². The molecule has 0 spiro atoms. The molecule has 0 aromatic heterocycles. The topological polar surface area (TPSA) is 24.1 Å². The minimum atomic E-state index is -4.45. The van der Waals surface area contributed by atoms with Gasteiger partial charge in [0.15, 0.2) is 0 Å². The number of benzene rings is 2. The van der Waals surface area contributed by atoms with Crippen molar-refractivity contribution in [1.82, 2.24) is 5.32 Å². The molecule has 0 amide bonds. The Hall–Kier alpha value is -2.83. The Morgan fingerprint density at radius 1 is 0.967 bits per heavy atom. The van der Waals surface area contributed by atoms with E-state index < -0.39 is 23.4 Å². The van der Waals surface area contributed by atoms with Crippen molar-refractivity contribution in [2.24, 2.45) is 0 Å². The molecular formula is C23H25F5N2. The number of rotatable bonds is 8. The largest absolute Gasteiger partial charge is 0.416 e. The third-order valence-corrected chi connectivity index (χ3v) is 4.68. The minimum Gasteiger partial charge on any atom is -0.385 e. The van der Waals surface area contributed by atoms with Crippen LogP contribution in [0.25, 0.3) is 5.70 Å². The summed E-state index contributed by atoms with van der Waals surface area (Å²) in [5.74, 6) is -1.29. The number of nitrogens with one attached hydrogen (secondary N) is 2. The highest BCUT2D eigenvalue weighted by molar-refractivity contribution is 5.69. The van der Waals surface area contributed by atoms with Crippen molar-refractivity contribution in [2.75, 3.05) is 11.9 Å². The molecule has 0 saturated carbocycles. The molecule has 0 fully saturated rings. The van der Waals surface area contributed by atoms with Crippen molar-refractivity contribution in [2.45, 2.75) is 39.9 Å². The Bertz CT molecular complexity index is 892. The molecule has 0 bridgehead atoms. The van der Waals surface area contributed by atoms with Gasteiger partial charge in [-0.1, -0.05) is 30.7 Å². The summed E-state index contributed by atoms with van der Waals surface area (Å²) in [6.45, 7) is 5.36. The lowest BCUT2D eigenvalue weighted by Gasteiger charge is -2.16. The molecule has 2 nitrogen and oxygen atoms in total. The van der Waals surface area contributed by atoms with Gasteiger partial charge in [-0.05, 0) is 56.2 Å². The average molecular weight is 424 g/mol. The van der Waals surface area contributed by atoms with Gasteiger partial charge in [-0.3, -0.25) is 0 Å². The molecule has 30 heavy (non-hydrogen) atoms. The van der Waals surface area contributed by atoms with Crippen LogP contribution in [0.4, 0.5) is 27.6 Å². The van der Waals surface area contributed by atoms with Gasteiger partial charge in [0.1, 0.15) is 11.6 Å². The zero-order valence-electron chi connectivity index (χ0n) is 17.1. The number of anilines is 1. The summed E-state index contributed by atoms with van der Waals surface area (Å²) in [7, 11) is 0. The summed E-state index contributed by atoms with van der Waals surface area (Å²) < 4.78 is 67.8. The van der Waals surface area contributed by atoms with Crippen LogP contribution in [0.1, 0.15) is 38.3 Å². The van der Waals surface area contributed by atoms with E-state index in [1.807, 2.05) is 0 Å². The quantitative estimate of drug-likeness (QED) is 0.359. The van der Waals surface area contributed by atoms with Gasteiger partial charge in [0.25, 0.3) is 0 Å². The molecule has 0 aliphatic heterocycles. The number of hydrogen-bond donors (Lipinski definition) is 2. The Morgan fingerprint density at radius 3 is 2.07 bits per heavy atom. The van der Waals surface area contributed by atoms with E-state index in [1.165, 1.54) is 25.1 Å². The molecule has 0 radical (unpaired) electrons. The van der Waals surface area contributed by atoms with Gasteiger partial charge in [-0.25, -0.2) is 8.78 Å². The zero-order valence-corrected chi connectivity index (χ0v) is 17.1. The second kappa shape index (κ2) is 10.3. The van der Waals surface area contributed by atoms with Crippen LogP contribution < -0.4 is 10.6 Å². The standard InChI is InChI=1S/C23H25F5N2/c1-4-15(3)19(23(26,27)28)13-22(29-5-2)16-9-11-17(12-10-16)30-14-18-20(24)7-6-8-21(18)25/h6-13,29-30H,4-5,14H2,1-3H3/b19-15?,22-13-. The van der Waals surface area contributed by atoms with Gasteiger partial charge in [-0.2, -0.15) is 13.2 Å². The smallest absolute Gasteiger partial charge is 0.385 e. The monoisotopic (exact) mass is 424 g/mol. The molecule has 0 atom stereocenters. The maximum atomic E-state index is 13.7. The highest BCUT2D eigenvalue weighted by Gasteiger charge is 2.33. The molecule has 0 saturated heterocycles. The maximum absolute atomic E-state index is 13.7. The summed E-state index contributed by atoms with van der Waals surface area (Å²) in [4.78, 5) is 0. The Labute approximate surface area is 173 Å². The van der Waals surface area contributed by atoms with Crippen LogP contribution in [0.15, 0.2) is 59.7 Å². The fourth-order valence-electron chi connectivity index (χ4n) is 2.87. The summed E-state index contributed by atoms with van der Waals surface area (Å²) in [6.07, 6.45) is -3.04. The molecular weight excluding hydrogens is 399 g/mol. The average Bonchev–Trinajstić information content (AvgIpc) is 2.70. The van der Waals surface area contributed by atoms with E-state index in [-0.39, 0.29) is 17.7 Å². The van der Waals surface area contributed by atoms with E-state index in [0.29, 0.717) is 29.9 Å². The molecule has 0 heterocycles. The minimum absolute atomic E-state index is 0.0512. The lowest BCUT2D eigenvalue weighted by Crippen LogP contribution is -2.16. The van der Waals surface area contributed by atoms with Gasteiger partial charge in [-0.15, -0.1) is 0 Å². The first-order chi connectivity index (χ1) is 14.2. The number of hydrogen-bond acceptors (Lipinski definition) is 2. The molecule has 2 aromatic rings. The predicted molar refractivity (Wildman–Crippen MR) is 111 cm³/mol. The van der Waals surface area contributed by atoms with Gasteiger partial charge in [0, 0.05) is 30.0 Å². The van der Waals surface area contributed by atoms with Crippen LogP contribution in [-0.2, 0) is 6.54 Å². The molecule has 7 heteroatoms. The summed E-state index contributed by atoms with van der Waals surface area (Å²) in [5.41, 5.74) is 1.02. The third-order valence-electron chi connectivity index (χ3n) is 4.68. The van der Waals surface area contributed by atoms with Crippen molar-refractivity contribution in [3.8, 4) is 0 Å². The lowest BCUT2D eigenvalue weighted by molar-refractivity contribution is -0.0890. The first-order valence-electron chi connectivity index (χ1n) is 9.67. The molecule has 0 unspecified atom stereocenters. The van der Waals surface area contributed by atoms with Gasteiger partial charge < -0.3 is 10.6 Å². The predicted octanol–water partition coefficient (Wildman–Crippen LogP) is 6.82. The molecule has 2 N–H and O–H groups in total. The molecule has 0 aliphatic rings. The van der Waals surface area contributed by atoms with Crippen LogP contribution >= 0.6 is 0 Å². The Morgan fingerprint density at radius 2 is 1.57 bits per heavy atom. The molecule has 162 valence electrons. The highest BCUT2D eigenvalue weighted by Crippen LogP contribution is 2.32. The lowest BCUT2D eigenvalue weighted by atomic mass is 10.0. The van der Waals surface area contributed by atoms with Gasteiger partial charge in [0.05, 0.1) is 5.57 Å². The van der Waals surface area contributed by atoms with Crippen molar-refractivity contribution in [3.05, 3.63) is 82.4 Å². The van der Waals surface area contributed by atoms with E-state index in [9.17, 15) is 22.0 Å². The summed E-state index contributed by atoms with van der Waals surface area (Å²) in [6, 6.07) is 10.3. The van der Waals surface area contributed by atoms with E-state index in [4.69, 9.17) is 0 Å². The van der Waals surface area contributed by atoms with E-state index in [2.05, 4.69) is 10.6 Å². The first-order valence-corrected chi connectivity index (χ1v) is 9.67. The Balaban J connectivity index is 2.27. The molecule has 2 aromatic carbocycles. The first kappa shape index (κ1) is 23.4. The summed E-state index contributed by atoms with van der Waals surface area (Å²) >= 11 is 0. The number of alkyl halides is 3. The SMILES string of the molecule is CCN/C(=C\C(=C(C)CC)C(F)(F)F)c1ccc(NCc2c(F)cccc2F)cc1. The Kier molecular flexibility index (Phi) is 8.03. The maximum Gasteiger partial charge on any atom is 0.416 e. The normalized spacial score (nSPS) is 13.1. The van der Waals surface area contributed by atoms with Crippen LogP contribution in [-0.4, -0.2) is 12.7 Å². The third kappa shape index (κ3) is 6.08.